The van der Waals surface area contributed by atoms with Crippen LogP contribution in [0.1, 0.15) is 11.1 Å². The van der Waals surface area contributed by atoms with Gasteiger partial charge in [0, 0.05) is 6.26 Å². The predicted octanol–water partition coefficient (Wildman–Crippen LogP) is 2.57. The molecule has 14 heteroatoms. The van der Waals surface area contributed by atoms with Crippen LogP contribution in [0.15, 0.2) is 57.3 Å². The topological polar surface area (TPSA) is 165 Å². The zero-order chi connectivity index (χ0) is 25.8. The standard InChI is InChI=1S/C21H18N4O7S3/c1-13-4-7-16(8-5-13)35(29,30)32-17-9-6-14(11-18(17)31-2)10-15(12-22)19(26)23-20-24-25-21(33-20)34(3,27)28/h4-11H,1-3H3,(H,23,24,26)/b15-10-. The normalized spacial score (nSPS) is 12.0. The Morgan fingerprint density at radius 2 is 1.77 bits per heavy atom. The van der Waals surface area contributed by atoms with E-state index in [1.54, 1.807) is 18.2 Å². The van der Waals surface area contributed by atoms with Crippen molar-refractivity contribution in [2.75, 3.05) is 18.7 Å². The number of methoxy groups -OCH3 is 1. The number of rotatable bonds is 8. The van der Waals surface area contributed by atoms with Gasteiger partial charge in [0.2, 0.25) is 19.3 Å². The van der Waals surface area contributed by atoms with E-state index < -0.39 is 25.9 Å². The van der Waals surface area contributed by atoms with Crippen LogP contribution >= 0.6 is 11.3 Å². The van der Waals surface area contributed by atoms with E-state index in [2.05, 4.69) is 15.5 Å². The number of benzene rings is 2. The highest BCUT2D eigenvalue weighted by atomic mass is 32.2. The van der Waals surface area contributed by atoms with Gasteiger partial charge in [-0.25, -0.2) is 8.42 Å². The Morgan fingerprint density at radius 1 is 1.09 bits per heavy atom. The number of nitrogens with one attached hydrogen (secondary N) is 1. The second-order valence-corrected chi connectivity index (χ2v) is 11.7. The molecule has 3 rings (SSSR count). The van der Waals surface area contributed by atoms with E-state index in [-0.39, 0.29) is 31.4 Å². The van der Waals surface area contributed by atoms with Gasteiger partial charge >= 0.3 is 10.1 Å². The monoisotopic (exact) mass is 534 g/mol. The summed E-state index contributed by atoms with van der Waals surface area (Å²) in [6, 6.07) is 12.0. The van der Waals surface area contributed by atoms with Crippen LogP contribution in [0.5, 0.6) is 11.5 Å². The minimum Gasteiger partial charge on any atom is -0.493 e. The minimum absolute atomic E-state index is 0.0340. The van der Waals surface area contributed by atoms with Crippen LogP contribution in [0.3, 0.4) is 0 Å². The highest BCUT2D eigenvalue weighted by Crippen LogP contribution is 2.31. The second-order valence-electron chi connectivity index (χ2n) is 7.03. The first-order valence-corrected chi connectivity index (χ1v) is 13.7. The van der Waals surface area contributed by atoms with Crippen molar-refractivity contribution in [1.29, 1.82) is 5.26 Å². The Balaban J connectivity index is 1.83. The molecule has 1 N–H and O–H groups in total. The Bertz CT molecular complexity index is 1550. The lowest BCUT2D eigenvalue weighted by molar-refractivity contribution is -0.112. The van der Waals surface area contributed by atoms with Gasteiger partial charge in [0.15, 0.2) is 11.5 Å². The number of aryl methyl sites for hydroxylation is 1. The maximum absolute atomic E-state index is 12.6. The zero-order valence-corrected chi connectivity index (χ0v) is 21.0. The summed E-state index contributed by atoms with van der Waals surface area (Å²) in [5, 5.41) is 18.7. The molecule has 11 nitrogen and oxygen atoms in total. The fourth-order valence-corrected chi connectivity index (χ4v) is 5.05. The molecule has 1 heterocycles. The number of anilines is 1. The van der Waals surface area contributed by atoms with Crippen LogP contribution in [-0.4, -0.2) is 46.3 Å². The van der Waals surface area contributed by atoms with Crippen molar-refractivity contribution >= 4 is 48.4 Å². The summed E-state index contributed by atoms with van der Waals surface area (Å²) >= 11 is 0.642. The van der Waals surface area contributed by atoms with Gasteiger partial charge in [-0.15, -0.1) is 10.2 Å². The van der Waals surface area contributed by atoms with Crippen molar-refractivity contribution < 1.29 is 30.6 Å². The molecule has 1 aromatic heterocycles. The maximum Gasteiger partial charge on any atom is 0.339 e. The lowest BCUT2D eigenvalue weighted by atomic mass is 10.1. The summed E-state index contributed by atoms with van der Waals surface area (Å²) in [6.07, 6.45) is 2.18. The SMILES string of the molecule is COc1cc(/C=C(/C#N)C(=O)Nc2nnc(S(C)(=O)=O)s2)ccc1OS(=O)(=O)c1ccc(C)cc1. The molecule has 2 aromatic carbocycles. The van der Waals surface area contributed by atoms with Gasteiger partial charge in [0.05, 0.1) is 7.11 Å². The highest BCUT2D eigenvalue weighted by molar-refractivity contribution is 7.92. The Morgan fingerprint density at radius 3 is 2.34 bits per heavy atom. The van der Waals surface area contributed by atoms with E-state index >= 15 is 0 Å². The average molecular weight is 535 g/mol. The molecule has 0 atom stereocenters. The van der Waals surface area contributed by atoms with Crippen LogP contribution in [0.25, 0.3) is 6.08 Å². The molecule has 0 spiro atoms. The van der Waals surface area contributed by atoms with Crippen LogP contribution in [-0.2, 0) is 24.7 Å². The van der Waals surface area contributed by atoms with Gasteiger partial charge < -0.3 is 8.92 Å². The molecule has 0 aliphatic rings. The second kappa shape index (κ2) is 10.2. The molecule has 0 saturated carbocycles. The van der Waals surface area contributed by atoms with Crippen LogP contribution in [0.2, 0.25) is 0 Å². The minimum atomic E-state index is -4.13. The Labute approximate surface area is 205 Å². The molecule has 35 heavy (non-hydrogen) atoms. The molecule has 0 saturated heterocycles. The van der Waals surface area contributed by atoms with Gasteiger partial charge in [-0.2, -0.15) is 13.7 Å². The van der Waals surface area contributed by atoms with Gasteiger partial charge in [-0.3, -0.25) is 10.1 Å². The van der Waals surface area contributed by atoms with Gasteiger partial charge in [-0.1, -0.05) is 35.1 Å². The number of carbonyl (C=O) groups excluding carboxylic acids is 1. The first-order chi connectivity index (χ1) is 16.4. The molecule has 3 aromatic rings. The fourth-order valence-electron chi connectivity index (χ4n) is 2.60. The summed E-state index contributed by atoms with van der Waals surface area (Å²) in [5.41, 5.74) is 0.892. The smallest absolute Gasteiger partial charge is 0.339 e. The molecular weight excluding hydrogens is 516 g/mol. The molecule has 0 aliphatic carbocycles. The van der Waals surface area contributed by atoms with Crippen molar-refractivity contribution in [2.24, 2.45) is 0 Å². The third kappa shape index (κ3) is 6.41. The number of hydrogen-bond acceptors (Lipinski definition) is 11. The number of carbonyl (C=O) groups is 1. The number of sulfone groups is 1. The molecular formula is C21H18N4O7S3. The summed E-state index contributed by atoms with van der Waals surface area (Å²) in [4.78, 5) is 12.4. The number of amides is 1. The average Bonchev–Trinajstić information content (AvgIpc) is 3.27. The van der Waals surface area contributed by atoms with E-state index in [4.69, 9.17) is 8.92 Å². The lowest BCUT2D eigenvalue weighted by Crippen LogP contribution is -2.13. The summed E-state index contributed by atoms with van der Waals surface area (Å²) in [7, 11) is -6.41. The maximum atomic E-state index is 12.6. The third-order valence-electron chi connectivity index (χ3n) is 4.32. The van der Waals surface area contributed by atoms with E-state index in [0.717, 1.165) is 11.8 Å². The number of hydrogen-bond donors (Lipinski definition) is 1. The Kier molecular flexibility index (Phi) is 7.54. The van der Waals surface area contributed by atoms with E-state index in [1.807, 2.05) is 6.92 Å². The first kappa shape index (κ1) is 25.8. The first-order valence-electron chi connectivity index (χ1n) is 9.59. The molecule has 0 unspecified atom stereocenters. The van der Waals surface area contributed by atoms with Crippen molar-refractivity contribution in [3.05, 3.63) is 59.2 Å². The number of nitriles is 1. The van der Waals surface area contributed by atoms with Crippen molar-refractivity contribution in [2.45, 2.75) is 16.2 Å². The van der Waals surface area contributed by atoms with Crippen LogP contribution in [0.4, 0.5) is 5.13 Å². The number of nitrogens with zero attached hydrogens (tertiary/aromatic N) is 3. The molecule has 0 fully saturated rings. The highest BCUT2D eigenvalue weighted by Gasteiger charge is 2.20. The van der Waals surface area contributed by atoms with Crippen molar-refractivity contribution in [3.8, 4) is 17.6 Å². The van der Waals surface area contributed by atoms with E-state index in [1.165, 1.54) is 43.5 Å². The van der Waals surface area contributed by atoms with Crippen LogP contribution < -0.4 is 14.2 Å². The van der Waals surface area contributed by atoms with Crippen LogP contribution in [0, 0.1) is 18.3 Å². The molecule has 0 aliphatic heterocycles. The van der Waals surface area contributed by atoms with Gasteiger partial charge in [0.25, 0.3) is 5.91 Å². The third-order valence-corrected chi connectivity index (χ3v) is 8.07. The predicted molar refractivity (Wildman–Crippen MR) is 127 cm³/mol. The summed E-state index contributed by atoms with van der Waals surface area (Å²) in [5.74, 6) is -0.880. The number of aromatic nitrogens is 2. The fraction of sp³-hybridized carbons (Fsp3) is 0.143. The summed E-state index contributed by atoms with van der Waals surface area (Å²) < 4.78 is 58.3. The lowest BCUT2D eigenvalue weighted by Gasteiger charge is -2.11. The molecule has 0 radical (unpaired) electrons. The van der Waals surface area contributed by atoms with E-state index in [0.29, 0.717) is 16.9 Å². The molecule has 1 amide bonds. The van der Waals surface area contributed by atoms with Gasteiger partial charge in [0.1, 0.15) is 16.5 Å². The molecule has 182 valence electrons. The summed E-state index contributed by atoms with van der Waals surface area (Å²) in [6.45, 7) is 1.82. The number of ether oxygens (including phenoxy) is 1. The van der Waals surface area contributed by atoms with Crippen molar-refractivity contribution in [1.82, 2.24) is 10.2 Å². The van der Waals surface area contributed by atoms with Gasteiger partial charge in [-0.05, 0) is 42.8 Å². The van der Waals surface area contributed by atoms with E-state index in [9.17, 15) is 26.9 Å². The van der Waals surface area contributed by atoms with Crippen molar-refractivity contribution in [3.63, 3.8) is 0 Å². The quantitative estimate of drug-likeness (QED) is 0.196. The zero-order valence-electron chi connectivity index (χ0n) is 18.5. The Hall–Kier alpha value is -3.80. The largest absolute Gasteiger partial charge is 0.493 e. The molecule has 0 bridgehead atoms.